The zero-order chi connectivity index (χ0) is 32.8. The van der Waals surface area contributed by atoms with E-state index < -0.39 is 35.2 Å². The number of nitrogens with one attached hydrogen (secondary N) is 2. The molecule has 0 bridgehead atoms. The number of urea groups is 1. The third-order valence-electron chi connectivity index (χ3n) is 7.50. The van der Waals surface area contributed by atoms with E-state index in [2.05, 4.69) is 26.2 Å². The van der Waals surface area contributed by atoms with Crippen molar-refractivity contribution in [2.24, 2.45) is 7.05 Å². The van der Waals surface area contributed by atoms with E-state index in [0.717, 1.165) is 15.4 Å². The molecule has 47 heavy (non-hydrogen) atoms. The second-order valence-electron chi connectivity index (χ2n) is 10.6. The normalized spacial score (nSPS) is 16.8. The monoisotopic (exact) mass is 686 g/mol. The molecule has 3 heterocycles. The summed E-state index contributed by atoms with van der Waals surface area (Å²) >= 11 is 2.58. The number of fused-ring (bicyclic) bond motifs is 1. The summed E-state index contributed by atoms with van der Waals surface area (Å²) in [6, 6.07) is 14.9. The van der Waals surface area contributed by atoms with Crippen LogP contribution in [0.2, 0.25) is 0 Å². The molecule has 2 aliphatic heterocycles. The van der Waals surface area contributed by atoms with Crippen LogP contribution in [0, 0.1) is 0 Å². The fourth-order valence-electron chi connectivity index (χ4n) is 5.04. The molecule has 3 aromatic rings. The van der Waals surface area contributed by atoms with Crippen LogP contribution in [-0.4, -0.2) is 89.7 Å². The van der Waals surface area contributed by atoms with Gasteiger partial charge in [0.2, 0.25) is 17.0 Å². The van der Waals surface area contributed by atoms with Gasteiger partial charge in [0.05, 0.1) is 18.1 Å². The summed E-state index contributed by atoms with van der Waals surface area (Å²) in [5.74, 6) is -2.29. The van der Waals surface area contributed by atoms with Gasteiger partial charge in [-0.05, 0) is 46.0 Å². The number of carbonyl (C=O) groups is 5. The summed E-state index contributed by atoms with van der Waals surface area (Å²) in [5, 5.41) is 28.5. The van der Waals surface area contributed by atoms with Crippen LogP contribution in [0.1, 0.15) is 24.0 Å². The maximum atomic E-state index is 13.1. The van der Waals surface area contributed by atoms with Gasteiger partial charge in [0.1, 0.15) is 11.4 Å². The van der Waals surface area contributed by atoms with E-state index in [9.17, 15) is 29.1 Å². The molecule has 17 heteroatoms. The van der Waals surface area contributed by atoms with E-state index in [1.54, 1.807) is 31.3 Å². The number of carboxylic acid groups (broad SMARTS) is 1. The van der Waals surface area contributed by atoms with Crippen molar-refractivity contribution in [3.8, 4) is 0 Å². The van der Waals surface area contributed by atoms with Crippen molar-refractivity contribution in [2.45, 2.75) is 42.3 Å². The molecule has 0 aliphatic carbocycles. The molecule has 240 valence electrons. The molecular formula is C30H31N8NaO6S2. The van der Waals surface area contributed by atoms with Gasteiger partial charge in [-0.15, -0.1) is 16.9 Å². The van der Waals surface area contributed by atoms with Crippen molar-refractivity contribution < 1.29 is 58.6 Å². The van der Waals surface area contributed by atoms with Crippen molar-refractivity contribution >= 4 is 58.9 Å². The molecule has 5 rings (SSSR count). The number of carbonyl (C=O) groups excluding carboxylic acids is 5. The Bertz CT molecular complexity index is 1690. The van der Waals surface area contributed by atoms with Gasteiger partial charge in [-0.3, -0.25) is 24.2 Å². The Labute approximate surface area is 301 Å². The topological polar surface area (TPSA) is 183 Å². The first kappa shape index (κ1) is 36.1. The van der Waals surface area contributed by atoms with E-state index in [0.29, 0.717) is 40.6 Å². The predicted molar refractivity (Wildman–Crippen MR) is 168 cm³/mol. The summed E-state index contributed by atoms with van der Waals surface area (Å²) < 4.78 is 1.46. The largest absolute Gasteiger partial charge is 1.00 e. The van der Waals surface area contributed by atoms with E-state index in [4.69, 9.17) is 0 Å². The van der Waals surface area contributed by atoms with Crippen LogP contribution in [0.25, 0.3) is 0 Å². The predicted octanol–water partition coefficient (Wildman–Crippen LogP) is -2.03. The number of carboxylic acids is 1. The molecule has 0 saturated carbocycles. The first-order chi connectivity index (χ1) is 22.1. The Hall–Kier alpha value is -3.70. The van der Waals surface area contributed by atoms with Crippen molar-refractivity contribution in [2.75, 3.05) is 23.9 Å². The number of thioether (sulfide) groups is 2. The minimum absolute atomic E-state index is 0. The fraction of sp³-hybridized carbons (Fsp3) is 0.333. The van der Waals surface area contributed by atoms with Crippen LogP contribution in [-0.2, 0) is 39.1 Å². The molecule has 2 aromatic carbocycles. The van der Waals surface area contributed by atoms with Gasteiger partial charge < -0.3 is 20.5 Å². The number of hydrogen-bond acceptors (Lipinski definition) is 11. The van der Waals surface area contributed by atoms with Crippen molar-refractivity contribution in [1.82, 2.24) is 35.3 Å². The Morgan fingerprint density at radius 1 is 1.11 bits per heavy atom. The Balaban J connectivity index is 0.00000500. The summed E-state index contributed by atoms with van der Waals surface area (Å²) in [6.07, 6.45) is 1.34. The van der Waals surface area contributed by atoms with Gasteiger partial charge in [0.25, 0.3) is 5.91 Å². The Morgan fingerprint density at radius 2 is 1.83 bits per heavy atom. The molecule has 2 N–H and O–H groups in total. The number of imide groups is 1. The molecule has 0 radical (unpaired) electrons. The summed E-state index contributed by atoms with van der Waals surface area (Å²) in [7, 11) is 3.06. The molecule has 2 aliphatic rings. The van der Waals surface area contributed by atoms with Gasteiger partial charge >= 0.3 is 35.6 Å². The molecule has 14 nitrogen and oxygen atoms in total. The number of para-hydroxylation sites is 1. The van der Waals surface area contributed by atoms with Gasteiger partial charge in [-0.25, -0.2) is 9.48 Å². The van der Waals surface area contributed by atoms with Crippen molar-refractivity contribution in [3.05, 3.63) is 77.0 Å². The molecule has 2 atom stereocenters. The van der Waals surface area contributed by atoms with Crippen LogP contribution >= 0.6 is 23.5 Å². The smallest absolute Gasteiger partial charge is 0.543 e. The number of aryl methyl sites for hydroxylation is 2. The number of anilines is 1. The number of β-lactam (4-membered cyclic amide) rings is 1. The minimum atomic E-state index is -1.47. The summed E-state index contributed by atoms with van der Waals surface area (Å²) in [5.41, 5.74) is 2.24. The third-order valence-corrected chi connectivity index (χ3v) is 9.94. The summed E-state index contributed by atoms with van der Waals surface area (Å²) in [4.78, 5) is 65.9. The van der Waals surface area contributed by atoms with Crippen LogP contribution in [0.3, 0.4) is 0 Å². The van der Waals surface area contributed by atoms with Crippen LogP contribution in [0.4, 0.5) is 10.5 Å². The maximum Gasteiger partial charge on any atom is 1.00 e. The molecule has 1 aromatic heterocycles. The van der Waals surface area contributed by atoms with E-state index in [1.807, 2.05) is 30.3 Å². The van der Waals surface area contributed by atoms with E-state index in [-0.39, 0.29) is 59.8 Å². The van der Waals surface area contributed by atoms with Crippen LogP contribution in [0.15, 0.2) is 71.0 Å². The zero-order valence-corrected chi connectivity index (χ0v) is 29.7. The average molecular weight is 687 g/mol. The van der Waals surface area contributed by atoms with E-state index in [1.165, 1.54) is 35.3 Å². The molecule has 1 saturated heterocycles. The number of benzene rings is 2. The number of aliphatic carboxylic acids is 1. The van der Waals surface area contributed by atoms with Crippen molar-refractivity contribution in [1.29, 1.82) is 0 Å². The van der Waals surface area contributed by atoms with Gasteiger partial charge in [0.15, 0.2) is 0 Å². The van der Waals surface area contributed by atoms with E-state index >= 15 is 0 Å². The standard InChI is InChI=1S/C30H32N8O6S2.Na/c1-36(23(40)14-8-11-18-9-4-3-5-10-18)29(44)31-21-13-7-6-12-19(21)15-22(39)32-24-26(41)38-25(28(42)43)20(16-45-27(24)38)17-46-30-33-34-35-37(30)2;/h3-7,9-10,12-13,24,27H,8,11,14-17H2,1-2H3,(H,31,44)(H,32,39)(H,42,43);/q;+1/p-1/t24?,27-;/m1./s1. The molecule has 1 unspecified atom stereocenters. The Morgan fingerprint density at radius 3 is 2.53 bits per heavy atom. The third kappa shape index (κ3) is 8.61. The van der Waals surface area contributed by atoms with Gasteiger partial charge in [0, 0.05) is 37.7 Å². The number of hydrogen-bond donors (Lipinski definition) is 2. The van der Waals surface area contributed by atoms with Crippen LogP contribution in [0.5, 0.6) is 0 Å². The fourth-order valence-corrected chi connectivity index (χ4v) is 7.38. The quantitative estimate of drug-likeness (QED) is 0.122. The second kappa shape index (κ2) is 16.4. The average Bonchev–Trinajstić information content (AvgIpc) is 3.47. The first-order valence-electron chi connectivity index (χ1n) is 14.4. The van der Waals surface area contributed by atoms with Crippen molar-refractivity contribution in [3.63, 3.8) is 0 Å². The van der Waals surface area contributed by atoms with Gasteiger partial charge in [-0.2, -0.15) is 0 Å². The SMILES string of the molecule is CN(C(=O)CCCc1ccccc1)C(=O)Nc1ccccc1CC(=O)NC1C(=O)N2C(C(=O)[O-])=C(CSc3nnnn3C)CS[C@H]12.[Na+]. The summed E-state index contributed by atoms with van der Waals surface area (Å²) in [6.45, 7) is 0. The number of amides is 5. The molecule has 5 amide bonds. The Kier molecular flexibility index (Phi) is 12.6. The zero-order valence-electron chi connectivity index (χ0n) is 26.0. The number of nitrogens with zero attached hydrogens (tertiary/aromatic N) is 6. The number of aromatic nitrogens is 4. The number of rotatable bonds is 12. The molecular weight excluding hydrogens is 656 g/mol. The minimum Gasteiger partial charge on any atom is -0.543 e. The van der Waals surface area contributed by atoms with Crippen LogP contribution < -0.4 is 45.3 Å². The van der Waals surface area contributed by atoms with Gasteiger partial charge in [-0.1, -0.05) is 60.3 Å². The molecule has 0 spiro atoms. The second-order valence-corrected chi connectivity index (χ2v) is 12.7. The first-order valence-corrected chi connectivity index (χ1v) is 16.4. The number of tetrazole rings is 1. The maximum absolute atomic E-state index is 13.1. The molecule has 1 fully saturated rings.